The quantitative estimate of drug-likeness (QED) is 0.578. The minimum Gasteiger partial charge on any atom is -0.393 e. The normalized spacial score (nSPS) is 11.1. The van der Waals surface area contributed by atoms with Gasteiger partial charge in [0.1, 0.15) is 5.54 Å². The van der Waals surface area contributed by atoms with Gasteiger partial charge in [-0.1, -0.05) is 24.5 Å². The van der Waals surface area contributed by atoms with Gasteiger partial charge in [-0.25, -0.2) is 0 Å². The van der Waals surface area contributed by atoms with E-state index in [1.165, 1.54) is 0 Å². The molecule has 0 amide bonds. The van der Waals surface area contributed by atoms with Crippen molar-refractivity contribution in [1.82, 2.24) is 15.0 Å². The number of unbranched alkanes of at least 4 members (excludes halogenated alkanes) is 1. The summed E-state index contributed by atoms with van der Waals surface area (Å²) in [7, 11) is 0. The number of nitrogens with two attached hydrogens (primary N) is 1. The highest BCUT2D eigenvalue weighted by Gasteiger charge is 2.19. The smallest absolute Gasteiger partial charge is 0.155 e. The number of hydrogen-bond acceptors (Lipinski definition) is 5. The molecule has 6 heteroatoms. The van der Waals surface area contributed by atoms with Gasteiger partial charge in [0.05, 0.1) is 19.4 Å². The third-order valence-corrected chi connectivity index (χ3v) is 2.28. The van der Waals surface area contributed by atoms with Gasteiger partial charge in [-0.2, -0.15) is 0 Å². The van der Waals surface area contributed by atoms with Gasteiger partial charge in [-0.15, -0.1) is 5.10 Å². The largest absolute Gasteiger partial charge is 0.393 e. The lowest BCUT2D eigenvalue weighted by Gasteiger charge is -2.16. The van der Waals surface area contributed by atoms with Gasteiger partial charge in [-0.3, -0.25) is 4.68 Å². The molecule has 0 saturated heterocycles. The Bertz CT molecular complexity index is 401. The third kappa shape index (κ3) is 4.15. The fourth-order valence-electron chi connectivity index (χ4n) is 1.10. The molecule has 0 unspecified atom stereocenters. The molecule has 0 atom stereocenters. The van der Waals surface area contributed by atoms with Crippen LogP contribution in [0.4, 0.5) is 0 Å². The molecule has 0 saturated carbocycles. The summed E-state index contributed by atoms with van der Waals surface area (Å²) >= 11 is 0. The maximum Gasteiger partial charge on any atom is 0.155 e. The van der Waals surface area contributed by atoms with Crippen molar-refractivity contribution < 1.29 is 10.2 Å². The molecular weight excluding hydrogens is 220 g/mol. The molecule has 0 fully saturated rings. The summed E-state index contributed by atoms with van der Waals surface area (Å²) in [6, 6.07) is 0. The van der Waals surface area contributed by atoms with E-state index in [2.05, 4.69) is 29.1 Å². The zero-order valence-corrected chi connectivity index (χ0v) is 9.93. The van der Waals surface area contributed by atoms with Crippen LogP contribution in [0.25, 0.3) is 0 Å². The second-order valence-corrected chi connectivity index (χ2v) is 3.94. The van der Waals surface area contributed by atoms with Crippen LogP contribution < -0.4 is 5.73 Å². The summed E-state index contributed by atoms with van der Waals surface area (Å²) in [6.45, 7) is 2.10. The standard InChI is InChI=1S/C11H18N4O2/c1-2-3-6-15-7-10(13-14-15)4-5-11(12,8-16)9-17/h7,16-17H,2-3,6,8-9,12H2,1H3. The lowest BCUT2D eigenvalue weighted by Crippen LogP contribution is -2.45. The van der Waals surface area contributed by atoms with Gasteiger partial charge >= 0.3 is 0 Å². The van der Waals surface area contributed by atoms with Crippen molar-refractivity contribution in [1.29, 1.82) is 0 Å². The van der Waals surface area contributed by atoms with Crippen molar-refractivity contribution in [3.63, 3.8) is 0 Å². The topological polar surface area (TPSA) is 97.2 Å². The molecule has 17 heavy (non-hydrogen) atoms. The van der Waals surface area contributed by atoms with E-state index < -0.39 is 18.8 Å². The Hall–Kier alpha value is -1.42. The number of rotatable bonds is 5. The minimum atomic E-state index is -1.28. The van der Waals surface area contributed by atoms with Crippen molar-refractivity contribution in [2.45, 2.75) is 31.8 Å². The molecule has 0 aliphatic carbocycles. The molecule has 94 valence electrons. The van der Waals surface area contributed by atoms with E-state index in [9.17, 15) is 0 Å². The predicted octanol–water partition coefficient (Wildman–Crippen LogP) is -0.888. The fourth-order valence-corrected chi connectivity index (χ4v) is 1.10. The van der Waals surface area contributed by atoms with Crippen LogP contribution in [-0.4, -0.2) is 44.0 Å². The number of aromatic nitrogens is 3. The second-order valence-electron chi connectivity index (χ2n) is 3.94. The van der Waals surface area contributed by atoms with E-state index in [0.717, 1.165) is 19.4 Å². The van der Waals surface area contributed by atoms with Gasteiger partial charge < -0.3 is 15.9 Å². The predicted molar refractivity (Wildman–Crippen MR) is 62.9 cm³/mol. The summed E-state index contributed by atoms with van der Waals surface area (Å²) in [4.78, 5) is 0. The highest BCUT2D eigenvalue weighted by molar-refractivity contribution is 5.29. The molecular formula is C11H18N4O2. The Labute approximate surface area is 100 Å². The van der Waals surface area contributed by atoms with Gasteiger partial charge in [0.15, 0.2) is 5.69 Å². The Morgan fingerprint density at radius 3 is 2.76 bits per heavy atom. The zero-order valence-electron chi connectivity index (χ0n) is 9.93. The molecule has 0 spiro atoms. The zero-order chi connectivity index (χ0) is 12.7. The molecule has 0 aliphatic heterocycles. The van der Waals surface area contributed by atoms with E-state index in [1.807, 2.05) is 0 Å². The van der Waals surface area contributed by atoms with Gasteiger partial charge in [0, 0.05) is 6.54 Å². The molecule has 1 heterocycles. The van der Waals surface area contributed by atoms with Crippen molar-refractivity contribution in [2.24, 2.45) is 5.73 Å². The lowest BCUT2D eigenvalue weighted by molar-refractivity contribution is 0.158. The first-order valence-corrected chi connectivity index (χ1v) is 5.57. The van der Waals surface area contributed by atoms with Crippen LogP contribution in [-0.2, 0) is 6.54 Å². The van der Waals surface area contributed by atoms with E-state index in [4.69, 9.17) is 15.9 Å². The molecule has 4 N–H and O–H groups in total. The van der Waals surface area contributed by atoms with E-state index in [1.54, 1.807) is 10.9 Å². The van der Waals surface area contributed by atoms with Crippen LogP contribution in [0.5, 0.6) is 0 Å². The number of nitrogens with zero attached hydrogens (tertiary/aromatic N) is 3. The molecule has 6 nitrogen and oxygen atoms in total. The van der Waals surface area contributed by atoms with Crippen LogP contribution in [0, 0.1) is 11.8 Å². The first-order valence-electron chi connectivity index (χ1n) is 5.57. The van der Waals surface area contributed by atoms with Crippen molar-refractivity contribution in [3.8, 4) is 11.8 Å². The fraction of sp³-hybridized carbons (Fsp3) is 0.636. The Kier molecular flexibility index (Phi) is 5.10. The van der Waals surface area contributed by atoms with Crippen molar-refractivity contribution in [3.05, 3.63) is 11.9 Å². The average Bonchev–Trinajstić information content (AvgIpc) is 2.81. The SMILES string of the molecule is CCCCn1cc(C#CC(N)(CO)CO)nn1. The number of hydrogen-bond donors (Lipinski definition) is 3. The summed E-state index contributed by atoms with van der Waals surface area (Å²) in [5, 5.41) is 25.7. The molecule has 0 aliphatic rings. The Balaban J connectivity index is 2.69. The summed E-state index contributed by atoms with van der Waals surface area (Å²) < 4.78 is 1.71. The van der Waals surface area contributed by atoms with Crippen molar-refractivity contribution in [2.75, 3.05) is 13.2 Å². The maximum atomic E-state index is 8.96. The Morgan fingerprint density at radius 2 is 2.18 bits per heavy atom. The third-order valence-electron chi connectivity index (χ3n) is 2.28. The van der Waals surface area contributed by atoms with E-state index in [0.29, 0.717) is 5.69 Å². The van der Waals surface area contributed by atoms with Gasteiger partial charge in [-0.05, 0) is 12.3 Å². The van der Waals surface area contributed by atoms with E-state index >= 15 is 0 Å². The first kappa shape index (κ1) is 13.6. The van der Waals surface area contributed by atoms with E-state index in [-0.39, 0.29) is 0 Å². The van der Waals surface area contributed by atoms with Crippen LogP contribution in [0.3, 0.4) is 0 Å². The summed E-state index contributed by atoms with van der Waals surface area (Å²) in [6.07, 6.45) is 3.84. The Morgan fingerprint density at radius 1 is 1.47 bits per heavy atom. The molecule has 0 bridgehead atoms. The number of aliphatic hydroxyl groups excluding tert-OH is 2. The molecule has 1 aromatic heterocycles. The molecule has 1 rings (SSSR count). The number of aryl methyl sites for hydroxylation is 1. The minimum absolute atomic E-state index is 0.402. The number of aliphatic hydroxyl groups is 2. The molecule has 1 aromatic rings. The van der Waals surface area contributed by atoms with Gasteiger partial charge in [0.2, 0.25) is 0 Å². The lowest BCUT2D eigenvalue weighted by atomic mass is 10.1. The molecule has 0 aromatic carbocycles. The average molecular weight is 238 g/mol. The highest BCUT2D eigenvalue weighted by Crippen LogP contribution is 1.98. The van der Waals surface area contributed by atoms with Crippen molar-refractivity contribution >= 4 is 0 Å². The maximum absolute atomic E-state index is 8.96. The van der Waals surface area contributed by atoms with Gasteiger partial charge in [0.25, 0.3) is 0 Å². The van der Waals surface area contributed by atoms with Crippen LogP contribution >= 0.6 is 0 Å². The molecule has 0 radical (unpaired) electrons. The summed E-state index contributed by atoms with van der Waals surface area (Å²) in [5.41, 5.74) is 4.80. The van der Waals surface area contributed by atoms with Crippen LogP contribution in [0.1, 0.15) is 25.5 Å². The summed E-state index contributed by atoms with van der Waals surface area (Å²) in [5.74, 6) is 5.29. The monoisotopic (exact) mass is 238 g/mol. The second kappa shape index (κ2) is 6.35. The van der Waals surface area contributed by atoms with Crippen LogP contribution in [0.15, 0.2) is 6.20 Å². The highest BCUT2D eigenvalue weighted by atomic mass is 16.3. The first-order chi connectivity index (χ1) is 8.13. The van der Waals surface area contributed by atoms with Crippen LogP contribution in [0.2, 0.25) is 0 Å².